The third kappa shape index (κ3) is 2.22. The van der Waals surface area contributed by atoms with E-state index in [0.29, 0.717) is 4.47 Å². The van der Waals surface area contributed by atoms with E-state index >= 15 is 0 Å². The van der Waals surface area contributed by atoms with E-state index in [-0.39, 0.29) is 5.75 Å². The maximum Gasteiger partial charge on any atom is 0.511 e. The van der Waals surface area contributed by atoms with E-state index in [9.17, 15) is 4.79 Å². The average molecular weight is 296 g/mol. The lowest BCUT2D eigenvalue weighted by molar-refractivity contribution is 0.144. The minimum atomic E-state index is -1.33. The monoisotopic (exact) mass is 294 g/mol. The van der Waals surface area contributed by atoms with Crippen molar-refractivity contribution >= 4 is 38.0 Å². The Labute approximate surface area is 85.6 Å². The summed E-state index contributed by atoms with van der Waals surface area (Å²) in [6, 6.07) is 5.02. The molecule has 0 aliphatic carbocycles. The number of ether oxygens (including phenoxy) is 1. The molecule has 0 heterocycles. The first-order valence-electron chi connectivity index (χ1n) is 2.96. The number of carboxylic acid groups (broad SMARTS) is 1. The number of hydrogen-bond donors (Lipinski definition) is 1. The molecule has 0 unspecified atom stereocenters. The predicted molar refractivity (Wildman–Crippen MR) is 50.5 cm³/mol. The topological polar surface area (TPSA) is 46.5 Å². The van der Waals surface area contributed by atoms with Crippen LogP contribution in [-0.2, 0) is 0 Å². The minimum Gasteiger partial charge on any atom is -0.449 e. The van der Waals surface area contributed by atoms with Crippen LogP contribution in [0.3, 0.4) is 0 Å². The van der Waals surface area contributed by atoms with Crippen molar-refractivity contribution in [3.05, 3.63) is 27.1 Å². The van der Waals surface area contributed by atoms with Crippen molar-refractivity contribution in [3.63, 3.8) is 0 Å². The third-order valence-electron chi connectivity index (χ3n) is 1.11. The molecule has 12 heavy (non-hydrogen) atoms. The van der Waals surface area contributed by atoms with Gasteiger partial charge in [0.1, 0.15) is 5.75 Å². The van der Waals surface area contributed by atoms with E-state index in [2.05, 4.69) is 36.6 Å². The lowest BCUT2D eigenvalue weighted by atomic mass is 10.3. The van der Waals surface area contributed by atoms with Gasteiger partial charge in [0.25, 0.3) is 0 Å². The van der Waals surface area contributed by atoms with E-state index in [4.69, 9.17) is 5.11 Å². The second kappa shape index (κ2) is 3.91. The molecule has 0 aliphatic heterocycles. The lowest BCUT2D eigenvalue weighted by Gasteiger charge is -2.02. The molecule has 0 amide bonds. The van der Waals surface area contributed by atoms with Crippen LogP contribution < -0.4 is 4.74 Å². The molecular formula is C7H4Br2O3. The third-order valence-corrected chi connectivity index (χ3v) is 3.12. The quantitative estimate of drug-likeness (QED) is 0.639. The molecule has 1 rings (SSSR count). The summed E-state index contributed by atoms with van der Waals surface area (Å²) < 4.78 is 5.81. The van der Waals surface area contributed by atoms with Crippen LogP contribution >= 0.6 is 31.9 Å². The van der Waals surface area contributed by atoms with Crippen LogP contribution in [0, 0.1) is 0 Å². The normalized spacial score (nSPS) is 9.50. The van der Waals surface area contributed by atoms with Gasteiger partial charge in [0.05, 0.1) is 4.47 Å². The fourth-order valence-corrected chi connectivity index (χ4v) is 1.35. The SMILES string of the molecule is O=C(O)Oc1cccc(Br)c1Br. The Hall–Kier alpha value is -0.550. The Morgan fingerprint density at radius 1 is 1.42 bits per heavy atom. The Morgan fingerprint density at radius 3 is 2.67 bits per heavy atom. The van der Waals surface area contributed by atoms with E-state index in [0.717, 1.165) is 4.47 Å². The summed E-state index contributed by atoms with van der Waals surface area (Å²) in [7, 11) is 0. The fourth-order valence-electron chi connectivity index (χ4n) is 0.657. The van der Waals surface area contributed by atoms with Gasteiger partial charge in [-0.2, -0.15) is 0 Å². The highest BCUT2D eigenvalue weighted by Crippen LogP contribution is 2.32. The van der Waals surface area contributed by atoms with Crippen molar-refractivity contribution in [1.29, 1.82) is 0 Å². The molecule has 5 heteroatoms. The van der Waals surface area contributed by atoms with Gasteiger partial charge in [-0.25, -0.2) is 4.79 Å². The number of hydrogen-bond acceptors (Lipinski definition) is 2. The number of benzene rings is 1. The Balaban J connectivity index is 3.00. The van der Waals surface area contributed by atoms with Gasteiger partial charge in [0, 0.05) is 4.47 Å². The summed E-state index contributed by atoms with van der Waals surface area (Å²) in [5.41, 5.74) is 0. The van der Waals surface area contributed by atoms with Gasteiger partial charge >= 0.3 is 6.16 Å². The molecule has 0 bridgehead atoms. The fraction of sp³-hybridized carbons (Fsp3) is 0. The van der Waals surface area contributed by atoms with Crippen LogP contribution in [0.4, 0.5) is 4.79 Å². The van der Waals surface area contributed by atoms with Crippen molar-refractivity contribution in [3.8, 4) is 5.75 Å². The summed E-state index contributed by atoms with van der Waals surface area (Å²) in [6.45, 7) is 0. The first kappa shape index (κ1) is 9.54. The molecule has 0 aromatic heterocycles. The van der Waals surface area contributed by atoms with Crippen LogP contribution in [0.15, 0.2) is 27.1 Å². The van der Waals surface area contributed by atoms with Gasteiger partial charge in [-0.1, -0.05) is 6.07 Å². The number of carbonyl (C=O) groups is 1. The van der Waals surface area contributed by atoms with Crippen molar-refractivity contribution < 1.29 is 14.6 Å². The summed E-state index contributed by atoms with van der Waals surface area (Å²) in [5, 5.41) is 8.32. The van der Waals surface area contributed by atoms with E-state index in [1.165, 1.54) is 0 Å². The largest absolute Gasteiger partial charge is 0.511 e. The molecule has 0 atom stereocenters. The van der Waals surface area contributed by atoms with Gasteiger partial charge in [-0.15, -0.1) is 0 Å². The molecule has 1 aromatic carbocycles. The smallest absolute Gasteiger partial charge is 0.449 e. The standard InChI is InChI=1S/C7H4Br2O3/c8-4-2-1-3-5(6(4)9)12-7(10)11/h1-3H,(H,10,11). The maximum atomic E-state index is 10.2. The molecular weight excluding hydrogens is 292 g/mol. The van der Waals surface area contributed by atoms with Crippen LogP contribution in [0.2, 0.25) is 0 Å². The predicted octanol–water partition coefficient (Wildman–Crippen LogP) is 3.27. The van der Waals surface area contributed by atoms with Gasteiger partial charge in [-0.3, -0.25) is 0 Å². The molecule has 0 saturated carbocycles. The molecule has 64 valence electrons. The highest BCUT2D eigenvalue weighted by Gasteiger charge is 2.07. The second-order valence-electron chi connectivity index (χ2n) is 1.92. The van der Waals surface area contributed by atoms with Gasteiger partial charge in [0.15, 0.2) is 0 Å². The van der Waals surface area contributed by atoms with Gasteiger partial charge in [0.2, 0.25) is 0 Å². The molecule has 1 aromatic rings. The van der Waals surface area contributed by atoms with Gasteiger partial charge in [-0.05, 0) is 44.0 Å². The molecule has 0 saturated heterocycles. The van der Waals surface area contributed by atoms with Crippen molar-refractivity contribution in [2.45, 2.75) is 0 Å². The highest BCUT2D eigenvalue weighted by molar-refractivity contribution is 9.13. The Bertz CT molecular complexity index is 312. The van der Waals surface area contributed by atoms with Crippen LogP contribution in [0.25, 0.3) is 0 Å². The van der Waals surface area contributed by atoms with Crippen LogP contribution in [0.5, 0.6) is 5.75 Å². The zero-order valence-corrected chi connectivity index (χ0v) is 8.92. The Kier molecular flexibility index (Phi) is 3.11. The first-order chi connectivity index (χ1) is 5.61. The minimum absolute atomic E-state index is 0.275. The van der Waals surface area contributed by atoms with Crippen molar-refractivity contribution in [2.75, 3.05) is 0 Å². The van der Waals surface area contributed by atoms with Crippen molar-refractivity contribution in [2.24, 2.45) is 0 Å². The summed E-state index contributed by atoms with van der Waals surface area (Å²) in [4.78, 5) is 10.2. The highest BCUT2D eigenvalue weighted by atomic mass is 79.9. The lowest BCUT2D eigenvalue weighted by Crippen LogP contribution is -2.03. The van der Waals surface area contributed by atoms with Crippen LogP contribution in [0.1, 0.15) is 0 Å². The second-order valence-corrected chi connectivity index (χ2v) is 3.57. The van der Waals surface area contributed by atoms with Crippen molar-refractivity contribution in [1.82, 2.24) is 0 Å². The molecule has 0 spiro atoms. The zero-order valence-electron chi connectivity index (χ0n) is 5.75. The first-order valence-corrected chi connectivity index (χ1v) is 4.54. The summed E-state index contributed by atoms with van der Waals surface area (Å²) in [5.74, 6) is 0.275. The molecule has 0 fully saturated rings. The van der Waals surface area contributed by atoms with E-state index < -0.39 is 6.16 Å². The maximum absolute atomic E-state index is 10.2. The number of rotatable bonds is 1. The molecule has 3 nitrogen and oxygen atoms in total. The Morgan fingerprint density at radius 2 is 2.08 bits per heavy atom. The summed E-state index contributed by atoms with van der Waals surface area (Å²) in [6.07, 6.45) is -1.33. The van der Waals surface area contributed by atoms with Crippen LogP contribution in [-0.4, -0.2) is 11.3 Å². The van der Waals surface area contributed by atoms with Gasteiger partial charge < -0.3 is 9.84 Å². The van der Waals surface area contributed by atoms with E-state index in [1.807, 2.05) is 0 Å². The molecule has 1 N–H and O–H groups in total. The molecule has 0 radical (unpaired) electrons. The number of halogens is 2. The summed E-state index contributed by atoms with van der Waals surface area (Å²) >= 11 is 6.39. The zero-order chi connectivity index (χ0) is 9.14. The van der Waals surface area contributed by atoms with E-state index in [1.54, 1.807) is 18.2 Å². The average Bonchev–Trinajstić information content (AvgIpc) is 1.98. The molecule has 0 aliphatic rings.